The van der Waals surface area contributed by atoms with Gasteiger partial charge in [-0.2, -0.15) is 0 Å². The van der Waals surface area contributed by atoms with E-state index >= 15 is 0 Å². The molecule has 2 aromatic rings. The van der Waals surface area contributed by atoms with Gasteiger partial charge < -0.3 is 9.64 Å². The summed E-state index contributed by atoms with van der Waals surface area (Å²) in [6.07, 6.45) is 8.37. The van der Waals surface area contributed by atoms with Gasteiger partial charge in [-0.05, 0) is 61.6 Å². The van der Waals surface area contributed by atoms with Gasteiger partial charge in [0.2, 0.25) is 5.95 Å². The van der Waals surface area contributed by atoms with Crippen molar-refractivity contribution in [3.05, 3.63) is 47.7 Å². The van der Waals surface area contributed by atoms with Gasteiger partial charge in [-0.25, -0.2) is 9.97 Å². The van der Waals surface area contributed by atoms with E-state index in [-0.39, 0.29) is 0 Å². The average molecular weight is 357 g/mol. The van der Waals surface area contributed by atoms with Crippen molar-refractivity contribution in [1.29, 1.82) is 0 Å². The molecule has 4 nitrogen and oxygen atoms in total. The molecule has 0 N–H and O–H groups in total. The Morgan fingerprint density at radius 2 is 1.88 bits per heavy atom. The van der Waals surface area contributed by atoms with Crippen LogP contribution in [-0.2, 0) is 0 Å². The van der Waals surface area contributed by atoms with E-state index < -0.39 is 0 Å². The molecule has 0 amide bonds. The summed E-state index contributed by atoms with van der Waals surface area (Å²) in [7, 11) is 0. The van der Waals surface area contributed by atoms with Crippen molar-refractivity contribution in [3.8, 4) is 5.75 Å². The molecule has 1 aromatic heterocycles. The van der Waals surface area contributed by atoms with Crippen molar-refractivity contribution in [2.24, 2.45) is 17.8 Å². The van der Waals surface area contributed by atoms with E-state index in [2.05, 4.69) is 20.9 Å². The van der Waals surface area contributed by atoms with Gasteiger partial charge >= 0.3 is 0 Å². The monoisotopic (exact) mass is 356 g/mol. The number of nitrogens with zero attached hydrogens (tertiary/aromatic N) is 3. The van der Waals surface area contributed by atoms with Gasteiger partial charge in [-0.3, -0.25) is 0 Å². The highest BCUT2D eigenvalue weighted by molar-refractivity contribution is 6.30. The number of ether oxygens (including phenoxy) is 1. The summed E-state index contributed by atoms with van der Waals surface area (Å²) in [5, 5.41) is 0.593. The highest BCUT2D eigenvalue weighted by Crippen LogP contribution is 2.49. The summed E-state index contributed by atoms with van der Waals surface area (Å²) in [5.41, 5.74) is 0. The Morgan fingerprint density at radius 3 is 2.60 bits per heavy atom. The van der Waals surface area contributed by atoms with Crippen LogP contribution in [0.2, 0.25) is 5.02 Å². The largest absolute Gasteiger partial charge is 0.494 e. The number of aromatic nitrogens is 2. The lowest BCUT2D eigenvalue weighted by Crippen LogP contribution is -2.35. The zero-order valence-corrected chi connectivity index (χ0v) is 15.0. The van der Waals surface area contributed by atoms with Crippen LogP contribution in [0.15, 0.2) is 36.7 Å². The molecular formula is C20H23ClN3O. The summed E-state index contributed by atoms with van der Waals surface area (Å²) >= 11 is 5.87. The molecule has 0 spiro atoms. The molecule has 1 saturated heterocycles. The lowest BCUT2D eigenvalue weighted by Gasteiger charge is -2.32. The Morgan fingerprint density at radius 1 is 1.16 bits per heavy atom. The number of hydrogen-bond donors (Lipinski definition) is 0. The van der Waals surface area contributed by atoms with Crippen LogP contribution in [0, 0.1) is 23.8 Å². The third-order valence-corrected chi connectivity index (χ3v) is 5.65. The van der Waals surface area contributed by atoms with Gasteiger partial charge in [0.1, 0.15) is 5.75 Å². The van der Waals surface area contributed by atoms with E-state index in [4.69, 9.17) is 16.3 Å². The number of hydrogen-bond acceptors (Lipinski definition) is 4. The van der Waals surface area contributed by atoms with Gasteiger partial charge in [-0.15, -0.1) is 0 Å². The standard InChI is InChI=1S/C20H23ClN3O/c21-17-13-22-20(23-14-17)24-9-6-15(7-10-24)19-12-16(19)8-11-25-18-4-2-1-3-5-18/h2-5,13-16,19H,6-12H2. The second kappa shape index (κ2) is 7.61. The van der Waals surface area contributed by atoms with Crippen LogP contribution in [-0.4, -0.2) is 29.7 Å². The van der Waals surface area contributed by atoms with Gasteiger partial charge in [-0.1, -0.05) is 23.7 Å². The summed E-state index contributed by atoms with van der Waals surface area (Å²) < 4.78 is 5.82. The summed E-state index contributed by atoms with van der Waals surface area (Å²) in [6.45, 7) is 2.92. The molecule has 25 heavy (non-hydrogen) atoms. The zero-order chi connectivity index (χ0) is 17.1. The third-order valence-electron chi connectivity index (χ3n) is 5.46. The van der Waals surface area contributed by atoms with Crippen molar-refractivity contribution in [1.82, 2.24) is 9.97 Å². The third kappa shape index (κ3) is 4.24. The van der Waals surface area contributed by atoms with E-state index in [1.165, 1.54) is 25.7 Å². The van der Waals surface area contributed by atoms with Crippen LogP contribution in [0.3, 0.4) is 0 Å². The number of rotatable bonds is 6. The fourth-order valence-corrected chi connectivity index (χ4v) is 4.07. The van der Waals surface area contributed by atoms with Gasteiger partial charge in [0.25, 0.3) is 0 Å². The van der Waals surface area contributed by atoms with Crippen LogP contribution >= 0.6 is 11.6 Å². The van der Waals surface area contributed by atoms with Crippen molar-refractivity contribution in [2.45, 2.75) is 25.7 Å². The maximum atomic E-state index is 5.87. The van der Waals surface area contributed by atoms with Crippen molar-refractivity contribution in [2.75, 3.05) is 24.6 Å². The quantitative estimate of drug-likeness (QED) is 0.775. The average Bonchev–Trinajstić information content (AvgIpc) is 3.43. The molecule has 131 valence electrons. The molecule has 1 aliphatic carbocycles. The molecule has 4 rings (SSSR count). The first kappa shape index (κ1) is 16.6. The van der Waals surface area contributed by atoms with Gasteiger partial charge in [0.15, 0.2) is 0 Å². The number of piperidine rings is 1. The second-order valence-electron chi connectivity index (χ2n) is 7.06. The topological polar surface area (TPSA) is 38.2 Å². The summed E-state index contributed by atoms with van der Waals surface area (Å²) in [5.74, 6) is 4.34. The zero-order valence-electron chi connectivity index (χ0n) is 14.3. The predicted octanol–water partition coefficient (Wildman–Crippen LogP) is 4.25. The Labute approximate surface area is 154 Å². The van der Waals surface area contributed by atoms with Crippen LogP contribution in [0.1, 0.15) is 25.7 Å². The molecule has 1 aromatic carbocycles. The Kier molecular flexibility index (Phi) is 5.07. The van der Waals surface area contributed by atoms with E-state index in [9.17, 15) is 0 Å². The molecule has 2 fully saturated rings. The second-order valence-corrected chi connectivity index (χ2v) is 7.49. The minimum absolute atomic E-state index is 0.593. The van der Waals surface area contributed by atoms with Crippen LogP contribution in [0.25, 0.3) is 0 Å². The number of halogens is 1. The SMILES string of the molecule is Clc1cnc(N2CCC(C3CC3CCOc3cc[c]cc3)CC2)nc1. The normalized spacial score (nSPS) is 23.5. The van der Waals surface area contributed by atoms with Crippen LogP contribution in [0.5, 0.6) is 5.75 Å². The highest BCUT2D eigenvalue weighted by atomic mass is 35.5. The lowest BCUT2D eigenvalue weighted by molar-refractivity contribution is 0.284. The first-order valence-corrected chi connectivity index (χ1v) is 9.49. The minimum atomic E-state index is 0.593. The smallest absolute Gasteiger partial charge is 0.225 e. The predicted molar refractivity (Wildman–Crippen MR) is 99.0 cm³/mol. The molecule has 0 bridgehead atoms. The summed E-state index contributed by atoms with van der Waals surface area (Å²) in [6, 6.07) is 10.7. The first-order chi connectivity index (χ1) is 12.3. The van der Waals surface area contributed by atoms with E-state index in [0.29, 0.717) is 5.02 Å². The molecule has 2 unspecified atom stereocenters. The van der Waals surface area contributed by atoms with Crippen LogP contribution in [0.4, 0.5) is 5.95 Å². The van der Waals surface area contributed by atoms with Crippen molar-refractivity contribution in [3.63, 3.8) is 0 Å². The van der Waals surface area contributed by atoms with E-state index in [1.54, 1.807) is 12.4 Å². The molecule has 1 saturated carbocycles. The maximum Gasteiger partial charge on any atom is 0.225 e. The van der Waals surface area contributed by atoms with E-state index in [1.807, 2.05) is 24.3 Å². The molecule has 1 radical (unpaired) electrons. The molecular weight excluding hydrogens is 334 g/mol. The Hall–Kier alpha value is -1.81. The van der Waals surface area contributed by atoms with Crippen molar-refractivity contribution < 1.29 is 4.74 Å². The molecule has 1 aliphatic heterocycles. The van der Waals surface area contributed by atoms with Crippen LogP contribution < -0.4 is 9.64 Å². The van der Waals surface area contributed by atoms with Gasteiger partial charge in [0.05, 0.1) is 24.0 Å². The highest BCUT2D eigenvalue weighted by Gasteiger charge is 2.43. The molecule has 5 heteroatoms. The Balaban J connectivity index is 1.18. The fourth-order valence-electron chi connectivity index (χ4n) is 3.97. The molecule has 2 aliphatic rings. The Bertz CT molecular complexity index is 671. The minimum Gasteiger partial charge on any atom is -0.494 e. The molecule has 2 atom stereocenters. The molecule has 2 heterocycles. The number of benzene rings is 1. The number of anilines is 1. The van der Waals surface area contributed by atoms with Crippen molar-refractivity contribution >= 4 is 17.5 Å². The van der Waals surface area contributed by atoms with E-state index in [0.717, 1.165) is 49.1 Å². The fraction of sp³-hybridized carbons (Fsp3) is 0.500. The first-order valence-electron chi connectivity index (χ1n) is 9.11. The van der Waals surface area contributed by atoms with Gasteiger partial charge in [0, 0.05) is 13.1 Å². The summed E-state index contributed by atoms with van der Waals surface area (Å²) in [4.78, 5) is 10.9. The lowest BCUT2D eigenvalue weighted by atomic mass is 9.90. The maximum absolute atomic E-state index is 5.87.